The minimum atomic E-state index is -0.707. The molecule has 0 unspecified atom stereocenters. The van der Waals surface area contributed by atoms with E-state index in [0.29, 0.717) is 17.8 Å². The Morgan fingerprint density at radius 1 is 1.41 bits per heavy atom. The number of amides is 1. The molecule has 2 aromatic rings. The molecule has 0 atom stereocenters. The second-order valence-corrected chi connectivity index (χ2v) is 6.24. The number of nitriles is 1. The van der Waals surface area contributed by atoms with Crippen LogP contribution in [0.4, 0.5) is 5.69 Å². The van der Waals surface area contributed by atoms with Gasteiger partial charge in [0, 0.05) is 18.1 Å². The number of nitrogens with zero attached hydrogens (tertiary/aromatic N) is 2. The van der Waals surface area contributed by atoms with Crippen molar-refractivity contribution in [2.75, 3.05) is 11.9 Å². The maximum Gasteiger partial charge on any atom is 0.224 e. The number of aromatic nitrogens is 1. The van der Waals surface area contributed by atoms with Crippen molar-refractivity contribution in [2.45, 2.75) is 27.7 Å². The number of carbonyl (C=O) groups is 1. The second-order valence-electron chi connectivity index (χ2n) is 6.24. The number of carbonyl (C=O) groups excluding carboxylic acids is 1. The van der Waals surface area contributed by atoms with Gasteiger partial charge in [-0.2, -0.15) is 5.26 Å². The number of hydrogen-bond acceptors (Lipinski definition) is 4. The molecule has 3 N–H and O–H groups in total. The van der Waals surface area contributed by atoms with Crippen molar-refractivity contribution in [2.24, 2.45) is 11.1 Å². The van der Waals surface area contributed by atoms with Crippen LogP contribution < -0.4 is 11.1 Å². The third-order valence-corrected chi connectivity index (χ3v) is 3.80. The fourth-order valence-corrected chi connectivity index (χ4v) is 2.33. The van der Waals surface area contributed by atoms with E-state index in [4.69, 9.17) is 5.73 Å². The van der Waals surface area contributed by atoms with Crippen molar-refractivity contribution < 1.29 is 4.79 Å². The summed E-state index contributed by atoms with van der Waals surface area (Å²) in [5.74, 6) is -0.385. The molecule has 5 nitrogen and oxygen atoms in total. The van der Waals surface area contributed by atoms with Crippen LogP contribution in [0.3, 0.4) is 0 Å². The van der Waals surface area contributed by atoms with Gasteiger partial charge in [0.15, 0.2) is 0 Å². The number of rotatable bonds is 4. The van der Waals surface area contributed by atoms with Crippen molar-refractivity contribution in [1.29, 1.82) is 5.26 Å². The first-order chi connectivity index (χ1) is 10.3. The molecule has 0 aliphatic rings. The Labute approximate surface area is 130 Å². The highest BCUT2D eigenvalue weighted by molar-refractivity contribution is 5.96. The highest BCUT2D eigenvalue weighted by Crippen LogP contribution is 2.29. The monoisotopic (exact) mass is 296 g/mol. The Morgan fingerprint density at radius 2 is 2.09 bits per heavy atom. The van der Waals surface area contributed by atoms with E-state index in [-0.39, 0.29) is 5.91 Å². The fourth-order valence-electron chi connectivity index (χ4n) is 2.33. The van der Waals surface area contributed by atoms with Crippen molar-refractivity contribution in [3.63, 3.8) is 0 Å². The Hall–Kier alpha value is -2.61. The fraction of sp³-hybridized carbons (Fsp3) is 0.353. The number of fused-ring (bicyclic) bond motifs is 1. The van der Waals surface area contributed by atoms with Crippen molar-refractivity contribution >= 4 is 22.5 Å². The summed E-state index contributed by atoms with van der Waals surface area (Å²) < 4.78 is 0. The largest absolute Gasteiger partial charge is 0.382 e. The molecule has 0 spiro atoms. The summed E-state index contributed by atoms with van der Waals surface area (Å²) in [6.45, 7) is 7.89. The molecule has 22 heavy (non-hydrogen) atoms. The molecule has 0 saturated carbocycles. The summed E-state index contributed by atoms with van der Waals surface area (Å²) in [5.41, 5.74) is 8.86. The van der Waals surface area contributed by atoms with Gasteiger partial charge in [-0.3, -0.25) is 9.78 Å². The van der Waals surface area contributed by atoms with Gasteiger partial charge in [0.1, 0.15) is 6.07 Å². The number of anilines is 1. The summed E-state index contributed by atoms with van der Waals surface area (Å²) in [6.07, 6.45) is 1.56. The Balaban J connectivity index is 2.56. The average Bonchev–Trinajstić information content (AvgIpc) is 2.44. The molecule has 1 aromatic carbocycles. The molecular weight excluding hydrogens is 276 g/mol. The van der Waals surface area contributed by atoms with Gasteiger partial charge in [-0.25, -0.2) is 0 Å². The lowest BCUT2D eigenvalue weighted by Gasteiger charge is -2.22. The zero-order chi connectivity index (χ0) is 16.5. The van der Waals surface area contributed by atoms with E-state index in [0.717, 1.165) is 22.0 Å². The number of benzene rings is 1. The Kier molecular flexibility index (Phi) is 4.05. The molecule has 0 radical (unpaired) electrons. The van der Waals surface area contributed by atoms with E-state index < -0.39 is 5.41 Å². The summed E-state index contributed by atoms with van der Waals surface area (Å²) in [5, 5.41) is 13.4. The highest BCUT2D eigenvalue weighted by atomic mass is 16.1. The quantitative estimate of drug-likeness (QED) is 0.907. The lowest BCUT2D eigenvalue weighted by Crippen LogP contribution is -2.37. The molecule has 1 amide bonds. The van der Waals surface area contributed by atoms with Gasteiger partial charge >= 0.3 is 0 Å². The van der Waals surface area contributed by atoms with Crippen molar-refractivity contribution in [1.82, 2.24) is 4.98 Å². The van der Waals surface area contributed by atoms with Crippen LogP contribution in [-0.4, -0.2) is 17.4 Å². The number of nitrogens with two attached hydrogens (primary N) is 1. The Morgan fingerprint density at radius 3 is 2.68 bits per heavy atom. The molecule has 0 saturated heterocycles. The molecule has 1 heterocycles. The van der Waals surface area contributed by atoms with E-state index in [9.17, 15) is 10.1 Å². The first kappa shape index (κ1) is 15.8. The highest BCUT2D eigenvalue weighted by Gasteiger charge is 2.25. The van der Waals surface area contributed by atoms with Gasteiger partial charge in [0.25, 0.3) is 0 Å². The number of nitrogens with one attached hydrogen (secondary N) is 1. The molecule has 0 aliphatic carbocycles. The van der Waals surface area contributed by atoms with Crippen LogP contribution in [0.1, 0.15) is 30.5 Å². The third-order valence-electron chi connectivity index (χ3n) is 3.80. The van der Waals surface area contributed by atoms with Crippen molar-refractivity contribution in [3.05, 3.63) is 35.0 Å². The molecule has 0 bridgehead atoms. The summed E-state index contributed by atoms with van der Waals surface area (Å²) >= 11 is 0. The van der Waals surface area contributed by atoms with Gasteiger partial charge in [0.2, 0.25) is 5.91 Å². The predicted molar refractivity (Wildman–Crippen MR) is 87.4 cm³/mol. The van der Waals surface area contributed by atoms with E-state index in [2.05, 4.69) is 22.4 Å². The van der Waals surface area contributed by atoms with Crippen LogP contribution in [0, 0.1) is 30.6 Å². The van der Waals surface area contributed by atoms with Gasteiger partial charge in [-0.1, -0.05) is 11.6 Å². The Bertz CT molecular complexity index is 787. The lowest BCUT2D eigenvalue weighted by molar-refractivity contribution is -0.125. The van der Waals surface area contributed by atoms with Crippen molar-refractivity contribution in [3.8, 4) is 6.07 Å². The normalized spacial score (nSPS) is 11.2. The van der Waals surface area contributed by atoms with Crippen LogP contribution >= 0.6 is 0 Å². The van der Waals surface area contributed by atoms with E-state index >= 15 is 0 Å². The first-order valence-electron chi connectivity index (χ1n) is 7.10. The van der Waals surface area contributed by atoms with Crippen LogP contribution in [0.15, 0.2) is 18.3 Å². The van der Waals surface area contributed by atoms with Gasteiger partial charge in [0.05, 0.1) is 22.2 Å². The maximum absolute atomic E-state index is 11.5. The molecule has 0 fully saturated rings. The molecule has 2 rings (SSSR count). The molecule has 114 valence electrons. The van der Waals surface area contributed by atoms with E-state index in [1.165, 1.54) is 0 Å². The summed E-state index contributed by atoms with van der Waals surface area (Å²) in [4.78, 5) is 15.9. The predicted octanol–water partition coefficient (Wildman–Crippen LogP) is 2.65. The SMILES string of the molecule is Cc1cc(C)c2ncc(C#N)c(NCC(C)(C)C(N)=O)c2c1. The minimum absolute atomic E-state index is 0.350. The minimum Gasteiger partial charge on any atom is -0.382 e. The third kappa shape index (κ3) is 2.86. The standard InChI is InChI=1S/C17H20N4O/c1-10-5-11(2)14-13(6-10)15(12(7-18)8-20-14)21-9-17(3,4)16(19)22/h5-6,8H,9H2,1-4H3,(H2,19,22)(H,20,21). The number of pyridine rings is 1. The smallest absolute Gasteiger partial charge is 0.224 e. The van der Waals surface area contributed by atoms with Crippen LogP contribution in [0.5, 0.6) is 0 Å². The number of aryl methyl sites for hydroxylation is 2. The topological polar surface area (TPSA) is 91.8 Å². The number of primary amides is 1. The van der Waals surface area contributed by atoms with E-state index in [1.54, 1.807) is 20.0 Å². The van der Waals surface area contributed by atoms with Gasteiger partial charge in [-0.05, 0) is 39.3 Å². The zero-order valence-electron chi connectivity index (χ0n) is 13.3. The van der Waals surface area contributed by atoms with E-state index in [1.807, 2.05) is 19.9 Å². The average molecular weight is 296 g/mol. The van der Waals surface area contributed by atoms with Crippen LogP contribution in [0.2, 0.25) is 0 Å². The number of hydrogen-bond donors (Lipinski definition) is 2. The van der Waals surface area contributed by atoms with Gasteiger partial charge in [-0.15, -0.1) is 0 Å². The summed E-state index contributed by atoms with van der Waals surface area (Å²) in [6, 6.07) is 6.20. The second kappa shape index (κ2) is 5.64. The summed E-state index contributed by atoms with van der Waals surface area (Å²) in [7, 11) is 0. The molecule has 1 aromatic heterocycles. The lowest BCUT2D eigenvalue weighted by atomic mass is 9.92. The van der Waals surface area contributed by atoms with Crippen LogP contribution in [-0.2, 0) is 4.79 Å². The zero-order valence-corrected chi connectivity index (χ0v) is 13.3. The van der Waals surface area contributed by atoms with Gasteiger partial charge < -0.3 is 11.1 Å². The molecule has 0 aliphatic heterocycles. The molecule has 5 heteroatoms. The van der Waals surface area contributed by atoms with Crippen LogP contribution in [0.25, 0.3) is 10.9 Å². The molecular formula is C17H20N4O. The maximum atomic E-state index is 11.5. The first-order valence-corrected chi connectivity index (χ1v) is 7.10.